The summed E-state index contributed by atoms with van der Waals surface area (Å²) >= 11 is 0. The topological polar surface area (TPSA) is 114 Å². The molecular formula is C13H19N3O4S. The van der Waals surface area contributed by atoms with Crippen LogP contribution in [0.25, 0.3) is 0 Å². The van der Waals surface area contributed by atoms with Crippen molar-refractivity contribution >= 4 is 21.5 Å². The molecule has 0 heterocycles. The van der Waals surface area contributed by atoms with Gasteiger partial charge in [0.25, 0.3) is 0 Å². The fraction of sp³-hybridized carbons (Fsp3) is 0.462. The fourth-order valence-electron chi connectivity index (χ4n) is 2.28. The maximum atomic E-state index is 12.2. The highest BCUT2D eigenvalue weighted by molar-refractivity contribution is 7.93. The van der Waals surface area contributed by atoms with E-state index in [-0.39, 0.29) is 17.7 Å². The zero-order valence-corrected chi connectivity index (χ0v) is 12.3. The van der Waals surface area contributed by atoms with Crippen LogP contribution in [0.4, 0.5) is 5.69 Å². The van der Waals surface area contributed by atoms with Crippen LogP contribution in [0.15, 0.2) is 29.4 Å². The number of nitrogens with two attached hydrogens (primary N) is 1. The molecule has 4 N–H and O–H groups in total. The average molecular weight is 313 g/mol. The van der Waals surface area contributed by atoms with Gasteiger partial charge in [-0.3, -0.25) is 4.72 Å². The monoisotopic (exact) mass is 313 g/mol. The number of ether oxygens (including phenoxy) is 1. The van der Waals surface area contributed by atoms with Crippen LogP contribution < -0.4 is 15.2 Å². The van der Waals surface area contributed by atoms with E-state index < -0.39 is 10.0 Å². The fourth-order valence-corrected chi connectivity index (χ4v) is 3.86. The molecule has 0 aromatic heterocycles. The van der Waals surface area contributed by atoms with Crippen molar-refractivity contribution in [1.29, 1.82) is 0 Å². The van der Waals surface area contributed by atoms with Crippen LogP contribution in [-0.2, 0) is 10.0 Å². The molecule has 1 aromatic carbocycles. The quantitative estimate of drug-likeness (QED) is 0.319. The van der Waals surface area contributed by atoms with Crippen LogP contribution in [0.1, 0.15) is 25.7 Å². The SMILES string of the molecule is N/C(COc1cccc(NS(=O)(=O)C2CCCC2)c1)=N/O. The van der Waals surface area contributed by atoms with E-state index in [1.807, 2.05) is 0 Å². The summed E-state index contributed by atoms with van der Waals surface area (Å²) in [6, 6.07) is 6.56. The van der Waals surface area contributed by atoms with Gasteiger partial charge in [0, 0.05) is 6.07 Å². The second kappa shape index (κ2) is 6.66. The van der Waals surface area contributed by atoms with Gasteiger partial charge in [-0.05, 0) is 25.0 Å². The summed E-state index contributed by atoms with van der Waals surface area (Å²) in [6.45, 7) is -0.0741. The number of sulfonamides is 1. The minimum Gasteiger partial charge on any atom is -0.485 e. The Morgan fingerprint density at radius 2 is 2.14 bits per heavy atom. The number of nitrogens with one attached hydrogen (secondary N) is 1. The minimum atomic E-state index is -3.36. The Hall–Kier alpha value is -1.96. The van der Waals surface area contributed by atoms with Crippen molar-refractivity contribution in [3.8, 4) is 5.75 Å². The molecule has 8 heteroatoms. The van der Waals surface area contributed by atoms with Crippen molar-refractivity contribution < 1.29 is 18.4 Å². The third-order valence-corrected chi connectivity index (χ3v) is 5.22. The number of hydrogen-bond acceptors (Lipinski definition) is 5. The van der Waals surface area contributed by atoms with Crippen LogP contribution in [-0.4, -0.2) is 31.3 Å². The molecule has 0 atom stereocenters. The highest BCUT2D eigenvalue weighted by Crippen LogP contribution is 2.27. The molecule has 1 fully saturated rings. The molecule has 0 radical (unpaired) electrons. The van der Waals surface area contributed by atoms with Gasteiger partial charge in [0.2, 0.25) is 10.0 Å². The highest BCUT2D eigenvalue weighted by Gasteiger charge is 2.28. The first kappa shape index (κ1) is 15.4. The van der Waals surface area contributed by atoms with Gasteiger partial charge in [-0.25, -0.2) is 8.42 Å². The lowest BCUT2D eigenvalue weighted by Gasteiger charge is -2.14. The van der Waals surface area contributed by atoms with Crippen LogP contribution in [0.5, 0.6) is 5.75 Å². The molecule has 1 aliphatic rings. The summed E-state index contributed by atoms with van der Waals surface area (Å²) in [5.74, 6) is 0.375. The van der Waals surface area contributed by atoms with Gasteiger partial charge in [-0.15, -0.1) is 0 Å². The van der Waals surface area contributed by atoms with Crippen molar-refractivity contribution in [3.05, 3.63) is 24.3 Å². The third kappa shape index (κ3) is 4.25. The predicted octanol–water partition coefficient (Wildman–Crippen LogP) is 1.50. The number of amidine groups is 1. The number of hydrogen-bond donors (Lipinski definition) is 3. The van der Waals surface area contributed by atoms with Gasteiger partial charge in [-0.1, -0.05) is 24.1 Å². The molecule has 21 heavy (non-hydrogen) atoms. The van der Waals surface area contributed by atoms with Gasteiger partial charge in [0.05, 0.1) is 10.9 Å². The lowest BCUT2D eigenvalue weighted by Crippen LogP contribution is -2.25. The number of benzene rings is 1. The first-order valence-electron chi connectivity index (χ1n) is 6.72. The van der Waals surface area contributed by atoms with Crippen LogP contribution in [0, 0.1) is 0 Å². The smallest absolute Gasteiger partial charge is 0.235 e. The minimum absolute atomic E-state index is 0.0630. The van der Waals surface area contributed by atoms with Gasteiger partial charge in [0.15, 0.2) is 5.84 Å². The number of nitrogens with zero attached hydrogens (tertiary/aromatic N) is 1. The lowest BCUT2D eigenvalue weighted by molar-refractivity contribution is 0.306. The average Bonchev–Trinajstić information content (AvgIpc) is 2.99. The number of anilines is 1. The first-order valence-corrected chi connectivity index (χ1v) is 8.27. The Balaban J connectivity index is 2.03. The Morgan fingerprint density at radius 1 is 1.43 bits per heavy atom. The lowest BCUT2D eigenvalue weighted by atomic mass is 10.3. The maximum Gasteiger partial charge on any atom is 0.235 e. The normalized spacial score (nSPS) is 16.9. The zero-order chi connectivity index (χ0) is 15.3. The van der Waals surface area contributed by atoms with Crippen molar-refractivity contribution in [2.45, 2.75) is 30.9 Å². The Bertz CT molecular complexity index is 610. The van der Waals surface area contributed by atoms with E-state index in [4.69, 9.17) is 15.7 Å². The predicted molar refractivity (Wildman–Crippen MR) is 80.1 cm³/mol. The summed E-state index contributed by atoms with van der Waals surface area (Å²) < 4.78 is 32.3. The summed E-state index contributed by atoms with van der Waals surface area (Å²) in [6.07, 6.45) is 3.31. The summed E-state index contributed by atoms with van der Waals surface area (Å²) in [7, 11) is -3.36. The summed E-state index contributed by atoms with van der Waals surface area (Å²) in [4.78, 5) is 0. The second-order valence-corrected chi connectivity index (χ2v) is 6.92. The van der Waals surface area contributed by atoms with Crippen molar-refractivity contribution in [1.82, 2.24) is 0 Å². The first-order chi connectivity index (χ1) is 10.0. The van der Waals surface area contributed by atoms with Crippen molar-refractivity contribution in [2.24, 2.45) is 10.9 Å². The maximum absolute atomic E-state index is 12.2. The van der Waals surface area contributed by atoms with Crippen molar-refractivity contribution in [3.63, 3.8) is 0 Å². The molecule has 0 bridgehead atoms. The van der Waals surface area contributed by atoms with Crippen molar-refractivity contribution in [2.75, 3.05) is 11.3 Å². The van der Waals surface area contributed by atoms with E-state index in [2.05, 4.69) is 9.88 Å². The molecule has 0 aliphatic heterocycles. The largest absolute Gasteiger partial charge is 0.485 e. The Morgan fingerprint density at radius 3 is 2.81 bits per heavy atom. The van der Waals surface area contributed by atoms with Gasteiger partial charge < -0.3 is 15.7 Å². The molecule has 1 aliphatic carbocycles. The molecule has 116 valence electrons. The molecule has 1 aromatic rings. The van der Waals surface area contributed by atoms with Gasteiger partial charge >= 0.3 is 0 Å². The number of rotatable bonds is 6. The standard InChI is InChI=1S/C13H19N3O4S/c14-13(15-17)9-20-11-5-3-4-10(8-11)16-21(18,19)12-6-1-2-7-12/h3-5,8,12,16-17H,1-2,6-7,9H2,(H2,14,15). The van der Waals surface area contributed by atoms with E-state index in [1.165, 1.54) is 0 Å². The Kier molecular flexibility index (Phi) is 4.89. The molecule has 7 nitrogen and oxygen atoms in total. The third-order valence-electron chi connectivity index (χ3n) is 3.35. The van der Waals surface area contributed by atoms with E-state index >= 15 is 0 Å². The van der Waals surface area contributed by atoms with E-state index in [0.717, 1.165) is 12.8 Å². The molecule has 0 spiro atoms. The van der Waals surface area contributed by atoms with Crippen LogP contribution in [0.2, 0.25) is 0 Å². The Labute approximate surface area is 123 Å². The number of oxime groups is 1. The van der Waals surface area contributed by atoms with Crippen LogP contribution in [0.3, 0.4) is 0 Å². The summed E-state index contributed by atoms with van der Waals surface area (Å²) in [5, 5.41) is 10.9. The highest BCUT2D eigenvalue weighted by atomic mass is 32.2. The second-order valence-electron chi connectivity index (χ2n) is 4.96. The van der Waals surface area contributed by atoms with Gasteiger partial charge in [-0.2, -0.15) is 0 Å². The van der Waals surface area contributed by atoms with Gasteiger partial charge in [0.1, 0.15) is 12.4 Å². The van der Waals surface area contributed by atoms with Crippen LogP contribution >= 0.6 is 0 Å². The van der Waals surface area contributed by atoms with E-state index in [0.29, 0.717) is 24.3 Å². The van der Waals surface area contributed by atoms with E-state index in [1.54, 1.807) is 24.3 Å². The molecule has 1 saturated carbocycles. The molecule has 2 rings (SSSR count). The summed E-state index contributed by atoms with van der Waals surface area (Å²) in [5.41, 5.74) is 5.75. The van der Waals surface area contributed by atoms with E-state index in [9.17, 15) is 8.42 Å². The molecule has 0 saturated heterocycles. The molecule has 0 amide bonds. The molecule has 0 unspecified atom stereocenters. The molecular weight excluding hydrogens is 294 g/mol. The zero-order valence-electron chi connectivity index (χ0n) is 11.5.